The maximum atomic E-state index is 12.5. The fourth-order valence-corrected chi connectivity index (χ4v) is 4.09. The highest BCUT2D eigenvalue weighted by molar-refractivity contribution is 5.78. The molecule has 0 unspecified atom stereocenters. The standard InChI is InChI=1S/C21H30N2O4/c1-17-4-3-5-18(14-17)27-15-20(25)22-10-8-21(9-11-22)7-6-19(24)23(16-21)12-13-26-2/h3-5,14H,6-13,15-16H2,1-2H3. The minimum Gasteiger partial charge on any atom is -0.484 e. The Morgan fingerprint density at radius 2 is 2.00 bits per heavy atom. The van der Waals surface area contributed by atoms with Crippen LogP contribution < -0.4 is 4.74 Å². The first kappa shape index (κ1) is 19.7. The lowest BCUT2D eigenvalue weighted by Gasteiger charge is -2.47. The number of piperidine rings is 2. The van der Waals surface area contributed by atoms with Crippen LogP contribution >= 0.6 is 0 Å². The number of methoxy groups -OCH3 is 1. The summed E-state index contributed by atoms with van der Waals surface area (Å²) in [5.41, 5.74) is 1.26. The van der Waals surface area contributed by atoms with Crippen molar-refractivity contribution in [3.63, 3.8) is 0 Å². The van der Waals surface area contributed by atoms with Crippen LogP contribution in [0.4, 0.5) is 0 Å². The van der Waals surface area contributed by atoms with Gasteiger partial charge >= 0.3 is 0 Å². The summed E-state index contributed by atoms with van der Waals surface area (Å²) >= 11 is 0. The highest BCUT2D eigenvalue weighted by Crippen LogP contribution is 2.40. The molecule has 1 spiro atoms. The number of nitrogens with zero attached hydrogens (tertiary/aromatic N) is 2. The van der Waals surface area contributed by atoms with Gasteiger partial charge in [-0.3, -0.25) is 9.59 Å². The molecule has 2 saturated heterocycles. The molecule has 2 fully saturated rings. The van der Waals surface area contributed by atoms with Crippen molar-refractivity contribution in [2.75, 3.05) is 46.5 Å². The molecule has 2 aliphatic heterocycles. The third kappa shape index (κ3) is 5.01. The van der Waals surface area contributed by atoms with Gasteiger partial charge in [0.05, 0.1) is 6.61 Å². The Kier molecular flexibility index (Phi) is 6.37. The van der Waals surface area contributed by atoms with Crippen molar-refractivity contribution in [3.8, 4) is 5.75 Å². The highest BCUT2D eigenvalue weighted by Gasteiger charge is 2.41. The van der Waals surface area contributed by atoms with E-state index < -0.39 is 0 Å². The molecule has 3 rings (SSSR count). The molecular weight excluding hydrogens is 344 g/mol. The van der Waals surface area contributed by atoms with Crippen molar-refractivity contribution in [1.82, 2.24) is 9.80 Å². The number of carbonyl (C=O) groups excluding carboxylic acids is 2. The Bertz CT molecular complexity index is 668. The van der Waals surface area contributed by atoms with E-state index in [0.717, 1.165) is 50.2 Å². The van der Waals surface area contributed by atoms with Crippen molar-refractivity contribution in [2.24, 2.45) is 5.41 Å². The Hall–Kier alpha value is -2.08. The van der Waals surface area contributed by atoms with Crippen LogP contribution in [0, 0.1) is 12.3 Å². The molecule has 0 aromatic heterocycles. The van der Waals surface area contributed by atoms with Crippen LogP contribution in [0.5, 0.6) is 5.75 Å². The van der Waals surface area contributed by atoms with Crippen LogP contribution in [-0.4, -0.2) is 68.1 Å². The molecule has 0 atom stereocenters. The summed E-state index contributed by atoms with van der Waals surface area (Å²) < 4.78 is 10.8. The molecule has 2 amide bonds. The van der Waals surface area contributed by atoms with E-state index in [0.29, 0.717) is 19.6 Å². The second kappa shape index (κ2) is 8.74. The Labute approximate surface area is 161 Å². The monoisotopic (exact) mass is 374 g/mol. The van der Waals surface area contributed by atoms with E-state index in [-0.39, 0.29) is 23.8 Å². The lowest BCUT2D eigenvalue weighted by atomic mass is 9.72. The van der Waals surface area contributed by atoms with E-state index in [1.165, 1.54) is 0 Å². The fourth-order valence-electron chi connectivity index (χ4n) is 4.09. The molecule has 0 saturated carbocycles. The number of benzene rings is 1. The van der Waals surface area contributed by atoms with Gasteiger partial charge in [-0.2, -0.15) is 0 Å². The van der Waals surface area contributed by atoms with Crippen LogP contribution in [0.2, 0.25) is 0 Å². The molecule has 0 radical (unpaired) electrons. The SMILES string of the molecule is COCCN1CC2(CCC1=O)CCN(C(=O)COc1cccc(C)c1)CC2. The summed E-state index contributed by atoms with van der Waals surface area (Å²) in [5, 5.41) is 0. The summed E-state index contributed by atoms with van der Waals surface area (Å²) in [6.07, 6.45) is 3.42. The van der Waals surface area contributed by atoms with E-state index in [4.69, 9.17) is 9.47 Å². The molecule has 2 heterocycles. The van der Waals surface area contributed by atoms with Gasteiger partial charge in [-0.15, -0.1) is 0 Å². The third-order valence-electron chi connectivity index (χ3n) is 5.84. The van der Waals surface area contributed by atoms with Crippen LogP contribution in [-0.2, 0) is 14.3 Å². The first-order valence-corrected chi connectivity index (χ1v) is 9.75. The number of ether oxygens (including phenoxy) is 2. The summed E-state index contributed by atoms with van der Waals surface area (Å²) in [6.45, 7) is 5.58. The molecule has 6 heteroatoms. The molecule has 6 nitrogen and oxygen atoms in total. The summed E-state index contributed by atoms with van der Waals surface area (Å²) in [4.78, 5) is 28.5. The Balaban J connectivity index is 1.49. The normalized spacial score (nSPS) is 19.4. The second-order valence-electron chi connectivity index (χ2n) is 7.79. The van der Waals surface area contributed by atoms with Crippen molar-refractivity contribution in [3.05, 3.63) is 29.8 Å². The van der Waals surface area contributed by atoms with E-state index >= 15 is 0 Å². The molecule has 1 aromatic rings. The van der Waals surface area contributed by atoms with E-state index in [1.807, 2.05) is 41.0 Å². The molecule has 2 aliphatic rings. The Morgan fingerprint density at radius 1 is 1.22 bits per heavy atom. The zero-order chi connectivity index (χ0) is 19.3. The maximum Gasteiger partial charge on any atom is 0.260 e. The molecule has 1 aromatic carbocycles. The maximum absolute atomic E-state index is 12.5. The number of amides is 2. The minimum atomic E-state index is 0.0366. The number of rotatable bonds is 6. The van der Waals surface area contributed by atoms with Crippen LogP contribution in [0.25, 0.3) is 0 Å². The minimum absolute atomic E-state index is 0.0366. The van der Waals surface area contributed by atoms with Crippen LogP contribution in [0.3, 0.4) is 0 Å². The predicted molar refractivity (Wildman–Crippen MR) is 103 cm³/mol. The van der Waals surface area contributed by atoms with Crippen molar-refractivity contribution >= 4 is 11.8 Å². The van der Waals surface area contributed by atoms with Gasteiger partial charge in [-0.1, -0.05) is 12.1 Å². The first-order chi connectivity index (χ1) is 13.0. The van der Waals surface area contributed by atoms with Gasteiger partial charge in [0.1, 0.15) is 5.75 Å². The largest absolute Gasteiger partial charge is 0.484 e. The van der Waals surface area contributed by atoms with Gasteiger partial charge in [-0.05, 0) is 49.3 Å². The zero-order valence-corrected chi connectivity index (χ0v) is 16.4. The van der Waals surface area contributed by atoms with Crippen molar-refractivity contribution < 1.29 is 19.1 Å². The number of hydrogen-bond donors (Lipinski definition) is 0. The molecular formula is C21H30N2O4. The van der Waals surface area contributed by atoms with Gasteiger partial charge < -0.3 is 19.3 Å². The van der Waals surface area contributed by atoms with E-state index in [2.05, 4.69) is 0 Å². The third-order valence-corrected chi connectivity index (χ3v) is 5.84. The number of hydrogen-bond acceptors (Lipinski definition) is 4. The van der Waals surface area contributed by atoms with Gasteiger partial charge in [0, 0.05) is 39.7 Å². The molecule has 27 heavy (non-hydrogen) atoms. The molecule has 148 valence electrons. The molecule has 0 aliphatic carbocycles. The van der Waals surface area contributed by atoms with Crippen LogP contribution in [0.15, 0.2) is 24.3 Å². The average molecular weight is 374 g/mol. The topological polar surface area (TPSA) is 59.1 Å². The summed E-state index contributed by atoms with van der Waals surface area (Å²) in [7, 11) is 1.66. The van der Waals surface area contributed by atoms with Crippen molar-refractivity contribution in [1.29, 1.82) is 0 Å². The second-order valence-corrected chi connectivity index (χ2v) is 7.79. The number of likely N-dealkylation sites (tertiary alicyclic amines) is 2. The summed E-state index contributed by atoms with van der Waals surface area (Å²) in [5.74, 6) is 0.994. The van der Waals surface area contributed by atoms with E-state index in [9.17, 15) is 9.59 Å². The van der Waals surface area contributed by atoms with Gasteiger partial charge in [0.15, 0.2) is 6.61 Å². The first-order valence-electron chi connectivity index (χ1n) is 9.75. The molecule has 0 bridgehead atoms. The number of aryl methyl sites for hydroxylation is 1. The fraction of sp³-hybridized carbons (Fsp3) is 0.619. The quantitative estimate of drug-likeness (QED) is 0.766. The molecule has 0 N–H and O–H groups in total. The predicted octanol–water partition coefficient (Wildman–Crippen LogP) is 2.25. The van der Waals surface area contributed by atoms with E-state index in [1.54, 1.807) is 7.11 Å². The van der Waals surface area contributed by atoms with Crippen LogP contribution in [0.1, 0.15) is 31.2 Å². The van der Waals surface area contributed by atoms with Crippen molar-refractivity contribution in [2.45, 2.75) is 32.6 Å². The lowest BCUT2D eigenvalue weighted by molar-refractivity contribution is -0.143. The highest BCUT2D eigenvalue weighted by atomic mass is 16.5. The summed E-state index contributed by atoms with van der Waals surface area (Å²) in [6, 6.07) is 7.74. The lowest BCUT2D eigenvalue weighted by Crippen LogP contribution is -2.53. The van der Waals surface area contributed by atoms with Gasteiger partial charge in [-0.25, -0.2) is 0 Å². The van der Waals surface area contributed by atoms with Gasteiger partial charge in [0.25, 0.3) is 5.91 Å². The average Bonchev–Trinajstić information content (AvgIpc) is 2.68. The Morgan fingerprint density at radius 3 is 2.70 bits per heavy atom. The smallest absolute Gasteiger partial charge is 0.260 e. The zero-order valence-electron chi connectivity index (χ0n) is 16.4. The number of carbonyl (C=O) groups is 2. The van der Waals surface area contributed by atoms with Gasteiger partial charge in [0.2, 0.25) is 5.91 Å².